The minimum atomic E-state index is -4.41. The molecule has 0 atom stereocenters. The molecular formula is C14H9F3N2O. The standard InChI is InChI=1S/C14H9F3N2O/c15-14(16,17)11-2-1-3-13(8-11)19-18-12-6-4-10(9-20)5-7-12/h1-9H. The van der Waals surface area contributed by atoms with Gasteiger partial charge in [0.05, 0.1) is 16.9 Å². The number of nitrogens with zero attached hydrogens (tertiary/aromatic N) is 2. The first-order valence-corrected chi connectivity index (χ1v) is 5.63. The van der Waals surface area contributed by atoms with E-state index in [0.29, 0.717) is 17.5 Å². The number of hydrogen-bond donors (Lipinski definition) is 0. The molecule has 0 bridgehead atoms. The van der Waals surface area contributed by atoms with Crippen molar-refractivity contribution in [1.82, 2.24) is 0 Å². The summed E-state index contributed by atoms with van der Waals surface area (Å²) in [7, 11) is 0. The summed E-state index contributed by atoms with van der Waals surface area (Å²) in [6.07, 6.45) is -3.72. The highest BCUT2D eigenvalue weighted by molar-refractivity contribution is 5.75. The zero-order valence-corrected chi connectivity index (χ0v) is 10.1. The molecular weight excluding hydrogens is 269 g/mol. The monoisotopic (exact) mass is 278 g/mol. The van der Waals surface area contributed by atoms with Crippen molar-refractivity contribution < 1.29 is 18.0 Å². The van der Waals surface area contributed by atoms with Gasteiger partial charge in [-0.1, -0.05) is 6.07 Å². The highest BCUT2D eigenvalue weighted by Gasteiger charge is 2.30. The number of alkyl halides is 3. The van der Waals surface area contributed by atoms with Crippen LogP contribution in [0, 0.1) is 0 Å². The fraction of sp³-hybridized carbons (Fsp3) is 0.0714. The topological polar surface area (TPSA) is 41.8 Å². The molecule has 3 nitrogen and oxygen atoms in total. The number of rotatable bonds is 3. The maximum Gasteiger partial charge on any atom is 0.416 e. The largest absolute Gasteiger partial charge is 0.416 e. The van der Waals surface area contributed by atoms with E-state index in [1.54, 1.807) is 24.3 Å². The summed E-state index contributed by atoms with van der Waals surface area (Å²) in [4.78, 5) is 10.5. The average molecular weight is 278 g/mol. The zero-order valence-electron chi connectivity index (χ0n) is 10.1. The summed E-state index contributed by atoms with van der Waals surface area (Å²) in [6, 6.07) is 10.8. The Morgan fingerprint density at radius 2 is 1.55 bits per heavy atom. The summed E-state index contributed by atoms with van der Waals surface area (Å²) in [5.74, 6) is 0. The fourth-order valence-corrected chi connectivity index (χ4v) is 1.48. The van der Waals surface area contributed by atoms with Crippen LogP contribution in [0.15, 0.2) is 58.8 Å². The van der Waals surface area contributed by atoms with Gasteiger partial charge in [-0.25, -0.2) is 0 Å². The van der Waals surface area contributed by atoms with Crippen molar-refractivity contribution in [3.8, 4) is 0 Å². The number of aldehydes is 1. The number of halogens is 3. The lowest BCUT2D eigenvalue weighted by Gasteiger charge is -2.05. The molecule has 0 aromatic heterocycles. The average Bonchev–Trinajstić information content (AvgIpc) is 2.45. The molecule has 20 heavy (non-hydrogen) atoms. The van der Waals surface area contributed by atoms with Crippen LogP contribution < -0.4 is 0 Å². The normalized spacial score (nSPS) is 11.8. The van der Waals surface area contributed by atoms with E-state index >= 15 is 0 Å². The summed E-state index contributed by atoms with van der Waals surface area (Å²) in [5, 5.41) is 7.56. The molecule has 0 N–H and O–H groups in total. The molecule has 0 unspecified atom stereocenters. The van der Waals surface area contributed by atoms with Crippen molar-refractivity contribution in [2.75, 3.05) is 0 Å². The van der Waals surface area contributed by atoms with Crippen LogP contribution in [0.3, 0.4) is 0 Å². The van der Waals surface area contributed by atoms with E-state index in [-0.39, 0.29) is 5.69 Å². The van der Waals surface area contributed by atoms with Gasteiger partial charge in [0, 0.05) is 5.56 Å². The molecule has 2 rings (SSSR count). The maximum atomic E-state index is 12.5. The first kappa shape index (κ1) is 13.9. The van der Waals surface area contributed by atoms with Crippen LogP contribution in [0.2, 0.25) is 0 Å². The van der Waals surface area contributed by atoms with Crippen molar-refractivity contribution in [1.29, 1.82) is 0 Å². The predicted octanol–water partition coefficient (Wildman–Crippen LogP) is 4.93. The molecule has 2 aromatic rings. The number of carbonyl (C=O) groups is 1. The van der Waals surface area contributed by atoms with E-state index in [1.165, 1.54) is 12.1 Å². The van der Waals surface area contributed by atoms with E-state index in [0.717, 1.165) is 12.1 Å². The maximum absolute atomic E-state index is 12.5. The molecule has 0 heterocycles. The van der Waals surface area contributed by atoms with Gasteiger partial charge in [-0.15, -0.1) is 0 Å². The summed E-state index contributed by atoms with van der Waals surface area (Å²) >= 11 is 0. The van der Waals surface area contributed by atoms with Crippen molar-refractivity contribution >= 4 is 17.7 Å². The second-order valence-corrected chi connectivity index (χ2v) is 3.96. The highest BCUT2D eigenvalue weighted by Crippen LogP contribution is 2.31. The molecule has 0 saturated carbocycles. The number of carbonyl (C=O) groups excluding carboxylic acids is 1. The smallest absolute Gasteiger partial charge is 0.298 e. The van der Waals surface area contributed by atoms with Crippen LogP contribution in [-0.2, 0) is 6.18 Å². The van der Waals surface area contributed by atoms with Crippen molar-refractivity contribution in [2.24, 2.45) is 10.2 Å². The number of hydrogen-bond acceptors (Lipinski definition) is 3. The Kier molecular flexibility index (Phi) is 3.93. The second-order valence-electron chi connectivity index (χ2n) is 3.96. The minimum absolute atomic E-state index is 0.110. The van der Waals surface area contributed by atoms with Gasteiger partial charge >= 0.3 is 6.18 Å². The molecule has 0 saturated heterocycles. The van der Waals surface area contributed by atoms with E-state index < -0.39 is 11.7 Å². The molecule has 0 aliphatic rings. The van der Waals surface area contributed by atoms with Gasteiger partial charge in [0.25, 0.3) is 0 Å². The van der Waals surface area contributed by atoms with E-state index in [2.05, 4.69) is 10.2 Å². The Morgan fingerprint density at radius 1 is 0.900 bits per heavy atom. The lowest BCUT2D eigenvalue weighted by atomic mass is 10.2. The van der Waals surface area contributed by atoms with Gasteiger partial charge in [-0.3, -0.25) is 4.79 Å². The van der Waals surface area contributed by atoms with Gasteiger partial charge in [0.15, 0.2) is 0 Å². The van der Waals surface area contributed by atoms with E-state index in [1.807, 2.05) is 0 Å². The van der Waals surface area contributed by atoms with Crippen LogP contribution in [0.5, 0.6) is 0 Å². The third-order valence-electron chi connectivity index (χ3n) is 2.48. The van der Waals surface area contributed by atoms with Gasteiger partial charge in [-0.05, 0) is 42.5 Å². The van der Waals surface area contributed by atoms with Crippen molar-refractivity contribution in [3.63, 3.8) is 0 Å². The van der Waals surface area contributed by atoms with Gasteiger partial charge < -0.3 is 0 Å². The number of azo groups is 1. The van der Waals surface area contributed by atoms with E-state index in [9.17, 15) is 18.0 Å². The molecule has 0 fully saturated rings. The number of benzene rings is 2. The summed E-state index contributed by atoms with van der Waals surface area (Å²) < 4.78 is 37.5. The lowest BCUT2D eigenvalue weighted by molar-refractivity contribution is -0.137. The predicted molar refractivity (Wildman–Crippen MR) is 67.4 cm³/mol. The zero-order chi connectivity index (χ0) is 14.6. The first-order valence-electron chi connectivity index (χ1n) is 5.63. The van der Waals surface area contributed by atoms with Crippen LogP contribution in [0.25, 0.3) is 0 Å². The van der Waals surface area contributed by atoms with Gasteiger partial charge in [0.1, 0.15) is 6.29 Å². The van der Waals surface area contributed by atoms with Crippen LogP contribution in [-0.4, -0.2) is 6.29 Å². The lowest BCUT2D eigenvalue weighted by Crippen LogP contribution is -2.03. The van der Waals surface area contributed by atoms with Crippen LogP contribution in [0.1, 0.15) is 15.9 Å². The Balaban J connectivity index is 2.20. The Morgan fingerprint density at radius 3 is 2.15 bits per heavy atom. The quantitative estimate of drug-likeness (QED) is 0.579. The molecule has 102 valence electrons. The van der Waals surface area contributed by atoms with Crippen molar-refractivity contribution in [2.45, 2.75) is 6.18 Å². The van der Waals surface area contributed by atoms with E-state index in [4.69, 9.17) is 0 Å². The summed E-state index contributed by atoms with van der Waals surface area (Å²) in [6.45, 7) is 0. The Hall–Kier alpha value is -2.50. The molecule has 0 radical (unpaired) electrons. The van der Waals surface area contributed by atoms with Gasteiger partial charge in [-0.2, -0.15) is 23.4 Å². The Bertz CT molecular complexity index is 634. The molecule has 0 amide bonds. The highest BCUT2D eigenvalue weighted by atomic mass is 19.4. The molecule has 0 aliphatic carbocycles. The molecule has 0 spiro atoms. The first-order chi connectivity index (χ1) is 9.49. The van der Waals surface area contributed by atoms with Crippen LogP contribution in [0.4, 0.5) is 24.5 Å². The molecule has 6 heteroatoms. The minimum Gasteiger partial charge on any atom is -0.298 e. The fourth-order valence-electron chi connectivity index (χ4n) is 1.48. The van der Waals surface area contributed by atoms with Crippen LogP contribution >= 0.6 is 0 Å². The Labute approximate surface area is 112 Å². The second kappa shape index (κ2) is 5.64. The third-order valence-corrected chi connectivity index (χ3v) is 2.48. The molecule has 0 aliphatic heterocycles. The molecule has 2 aromatic carbocycles. The summed E-state index contributed by atoms with van der Waals surface area (Å²) in [5.41, 5.74) is 0.278. The van der Waals surface area contributed by atoms with Crippen molar-refractivity contribution in [3.05, 3.63) is 59.7 Å². The third kappa shape index (κ3) is 3.50. The SMILES string of the molecule is O=Cc1ccc(N=Nc2cccc(C(F)(F)F)c2)cc1. The van der Waals surface area contributed by atoms with Gasteiger partial charge in [0.2, 0.25) is 0 Å².